The second-order valence-electron chi connectivity index (χ2n) is 4.79. The summed E-state index contributed by atoms with van der Waals surface area (Å²) in [5, 5.41) is 7.72. The Balaban J connectivity index is 2.03. The highest BCUT2D eigenvalue weighted by Crippen LogP contribution is 2.19. The summed E-state index contributed by atoms with van der Waals surface area (Å²) in [6, 6.07) is 6.98. The van der Waals surface area contributed by atoms with Gasteiger partial charge in [0.05, 0.1) is 6.20 Å². The van der Waals surface area contributed by atoms with Crippen molar-refractivity contribution in [1.82, 2.24) is 15.1 Å². The average Bonchev–Trinajstić information content (AvgIpc) is 2.87. The fraction of sp³-hybridized carbons (Fsp3) is 0.400. The third-order valence-electron chi connectivity index (χ3n) is 3.33. The molecule has 0 aliphatic heterocycles. The first-order valence-electron chi connectivity index (χ1n) is 6.64. The molecular weight excluding hydrogens is 241 g/mol. The summed E-state index contributed by atoms with van der Waals surface area (Å²) >= 11 is 0. The molecule has 2 atom stereocenters. The van der Waals surface area contributed by atoms with Gasteiger partial charge in [0.25, 0.3) is 0 Å². The highest BCUT2D eigenvalue weighted by atomic mass is 19.1. The summed E-state index contributed by atoms with van der Waals surface area (Å²) in [5.41, 5.74) is 2.10. The molecule has 0 fully saturated rings. The highest BCUT2D eigenvalue weighted by molar-refractivity contribution is 5.20. The Kier molecular flexibility index (Phi) is 4.32. The van der Waals surface area contributed by atoms with Crippen molar-refractivity contribution in [3.63, 3.8) is 0 Å². The Morgan fingerprint density at radius 1 is 1.26 bits per heavy atom. The van der Waals surface area contributed by atoms with E-state index < -0.39 is 0 Å². The van der Waals surface area contributed by atoms with Crippen molar-refractivity contribution >= 4 is 0 Å². The number of aromatic nitrogens is 2. The fourth-order valence-corrected chi connectivity index (χ4v) is 2.12. The van der Waals surface area contributed by atoms with Crippen molar-refractivity contribution in [2.45, 2.75) is 39.4 Å². The molecule has 19 heavy (non-hydrogen) atoms. The summed E-state index contributed by atoms with van der Waals surface area (Å²) < 4.78 is 15.1. The Hall–Kier alpha value is -1.68. The molecule has 1 aromatic carbocycles. The van der Waals surface area contributed by atoms with Gasteiger partial charge < -0.3 is 5.32 Å². The van der Waals surface area contributed by atoms with Gasteiger partial charge in [0.15, 0.2) is 0 Å². The van der Waals surface area contributed by atoms with Crippen molar-refractivity contribution in [3.05, 3.63) is 53.6 Å². The van der Waals surface area contributed by atoms with Crippen LogP contribution in [0.1, 0.15) is 44.0 Å². The molecule has 2 aromatic rings. The SMILES string of the molecule is CCn1cc(C(C)NC(C)c2cccc(F)c2)cn1. The molecule has 1 aromatic heterocycles. The van der Waals surface area contributed by atoms with E-state index in [1.807, 2.05) is 30.1 Å². The smallest absolute Gasteiger partial charge is 0.123 e. The number of nitrogens with zero attached hydrogens (tertiary/aromatic N) is 2. The zero-order chi connectivity index (χ0) is 13.8. The van der Waals surface area contributed by atoms with E-state index in [2.05, 4.69) is 24.3 Å². The molecular formula is C15H20FN3. The lowest BCUT2D eigenvalue weighted by Gasteiger charge is -2.19. The molecule has 1 heterocycles. The van der Waals surface area contributed by atoms with Crippen molar-refractivity contribution in [3.8, 4) is 0 Å². The van der Waals surface area contributed by atoms with Crippen LogP contribution in [-0.2, 0) is 6.54 Å². The monoisotopic (exact) mass is 261 g/mol. The van der Waals surface area contributed by atoms with Gasteiger partial charge in [0, 0.05) is 30.4 Å². The lowest BCUT2D eigenvalue weighted by molar-refractivity contribution is 0.491. The second kappa shape index (κ2) is 5.97. The molecule has 0 spiro atoms. The molecule has 0 amide bonds. The normalized spacial score (nSPS) is 14.3. The first-order valence-corrected chi connectivity index (χ1v) is 6.64. The molecule has 0 bridgehead atoms. The number of nitrogens with one attached hydrogen (secondary N) is 1. The van der Waals surface area contributed by atoms with Crippen LogP contribution >= 0.6 is 0 Å². The maximum Gasteiger partial charge on any atom is 0.123 e. The van der Waals surface area contributed by atoms with Gasteiger partial charge in [-0.2, -0.15) is 5.10 Å². The maximum absolute atomic E-state index is 13.2. The largest absolute Gasteiger partial charge is 0.304 e. The van der Waals surface area contributed by atoms with Gasteiger partial charge in [-0.05, 0) is 38.5 Å². The molecule has 3 nitrogen and oxygen atoms in total. The molecule has 0 saturated carbocycles. The van der Waals surface area contributed by atoms with Crippen molar-refractivity contribution in [2.24, 2.45) is 0 Å². The van der Waals surface area contributed by atoms with Crippen molar-refractivity contribution < 1.29 is 4.39 Å². The molecule has 4 heteroatoms. The quantitative estimate of drug-likeness (QED) is 0.893. The molecule has 0 saturated heterocycles. The molecule has 2 rings (SSSR count). The number of hydrogen-bond donors (Lipinski definition) is 1. The Morgan fingerprint density at radius 3 is 2.63 bits per heavy atom. The summed E-state index contributed by atoms with van der Waals surface area (Å²) in [6.07, 6.45) is 3.91. The lowest BCUT2D eigenvalue weighted by Crippen LogP contribution is -2.22. The fourth-order valence-electron chi connectivity index (χ4n) is 2.12. The first-order chi connectivity index (χ1) is 9.10. The van der Waals surface area contributed by atoms with Gasteiger partial charge in [-0.25, -0.2) is 4.39 Å². The Bertz CT molecular complexity index is 536. The van der Waals surface area contributed by atoms with Crippen molar-refractivity contribution in [2.75, 3.05) is 0 Å². The van der Waals surface area contributed by atoms with E-state index in [1.54, 1.807) is 12.1 Å². The summed E-state index contributed by atoms with van der Waals surface area (Å²) in [4.78, 5) is 0. The summed E-state index contributed by atoms with van der Waals surface area (Å²) in [6.45, 7) is 7.05. The van der Waals surface area contributed by atoms with Gasteiger partial charge in [-0.15, -0.1) is 0 Å². The number of benzene rings is 1. The van der Waals surface area contributed by atoms with Crippen LogP contribution in [0, 0.1) is 5.82 Å². The number of hydrogen-bond acceptors (Lipinski definition) is 2. The molecule has 102 valence electrons. The molecule has 0 aliphatic rings. The number of halogens is 1. The van der Waals surface area contributed by atoms with Crippen LogP contribution in [0.3, 0.4) is 0 Å². The van der Waals surface area contributed by atoms with Crippen LogP contribution in [0.25, 0.3) is 0 Å². The minimum Gasteiger partial charge on any atom is -0.304 e. The van der Waals surface area contributed by atoms with E-state index in [-0.39, 0.29) is 17.9 Å². The number of rotatable bonds is 5. The third kappa shape index (κ3) is 3.41. The van der Waals surface area contributed by atoms with E-state index in [4.69, 9.17) is 0 Å². The van der Waals surface area contributed by atoms with Gasteiger partial charge in [-0.1, -0.05) is 12.1 Å². The van der Waals surface area contributed by atoms with Crippen LogP contribution in [0.5, 0.6) is 0 Å². The van der Waals surface area contributed by atoms with Gasteiger partial charge in [-0.3, -0.25) is 4.68 Å². The predicted molar refractivity (Wildman–Crippen MR) is 74.3 cm³/mol. The topological polar surface area (TPSA) is 29.9 Å². The predicted octanol–water partition coefficient (Wildman–Crippen LogP) is 3.45. The van der Waals surface area contributed by atoms with Gasteiger partial charge in [0.1, 0.15) is 5.82 Å². The summed E-state index contributed by atoms with van der Waals surface area (Å²) in [5.74, 6) is -0.197. The van der Waals surface area contributed by atoms with E-state index in [9.17, 15) is 4.39 Å². The van der Waals surface area contributed by atoms with E-state index in [0.717, 1.165) is 17.7 Å². The van der Waals surface area contributed by atoms with Gasteiger partial charge >= 0.3 is 0 Å². The summed E-state index contributed by atoms with van der Waals surface area (Å²) in [7, 11) is 0. The van der Waals surface area contributed by atoms with E-state index >= 15 is 0 Å². The Labute approximate surface area is 113 Å². The van der Waals surface area contributed by atoms with Crippen LogP contribution in [0.4, 0.5) is 4.39 Å². The average molecular weight is 261 g/mol. The lowest BCUT2D eigenvalue weighted by atomic mass is 10.1. The maximum atomic E-state index is 13.2. The van der Waals surface area contributed by atoms with Crippen LogP contribution in [0.15, 0.2) is 36.7 Å². The standard InChI is InChI=1S/C15H20FN3/c1-4-19-10-14(9-17-19)12(3)18-11(2)13-6-5-7-15(16)8-13/h5-12,18H,4H2,1-3H3. The first kappa shape index (κ1) is 13.7. The highest BCUT2D eigenvalue weighted by Gasteiger charge is 2.13. The van der Waals surface area contributed by atoms with Crippen LogP contribution in [0.2, 0.25) is 0 Å². The number of aryl methyl sites for hydroxylation is 1. The Morgan fingerprint density at radius 2 is 2.00 bits per heavy atom. The zero-order valence-corrected chi connectivity index (χ0v) is 11.6. The minimum absolute atomic E-state index is 0.0932. The molecule has 0 radical (unpaired) electrons. The second-order valence-corrected chi connectivity index (χ2v) is 4.79. The minimum atomic E-state index is -0.197. The molecule has 1 N–H and O–H groups in total. The molecule has 2 unspecified atom stereocenters. The van der Waals surface area contributed by atoms with Crippen LogP contribution in [-0.4, -0.2) is 9.78 Å². The third-order valence-corrected chi connectivity index (χ3v) is 3.33. The van der Waals surface area contributed by atoms with E-state index in [0.29, 0.717) is 0 Å². The zero-order valence-electron chi connectivity index (χ0n) is 11.6. The van der Waals surface area contributed by atoms with E-state index in [1.165, 1.54) is 6.07 Å². The molecule has 0 aliphatic carbocycles. The van der Waals surface area contributed by atoms with Crippen molar-refractivity contribution in [1.29, 1.82) is 0 Å². The van der Waals surface area contributed by atoms with Crippen LogP contribution < -0.4 is 5.32 Å². The van der Waals surface area contributed by atoms with Gasteiger partial charge in [0.2, 0.25) is 0 Å².